The molecule has 2 N–H and O–H groups in total. The second kappa shape index (κ2) is 10.3. The summed E-state index contributed by atoms with van der Waals surface area (Å²) >= 11 is 0. The number of aromatic nitrogens is 1. The van der Waals surface area contributed by atoms with Gasteiger partial charge in [-0.25, -0.2) is 9.78 Å². The van der Waals surface area contributed by atoms with E-state index in [0.717, 1.165) is 34.0 Å². The highest BCUT2D eigenvalue weighted by molar-refractivity contribution is 6.03. The number of benzene rings is 2. The molecule has 1 atom stereocenters. The average molecular weight is 501 g/mol. The van der Waals surface area contributed by atoms with E-state index < -0.39 is 23.3 Å². The molecule has 1 aliphatic rings. The summed E-state index contributed by atoms with van der Waals surface area (Å²) in [5.41, 5.74) is 4.18. The van der Waals surface area contributed by atoms with E-state index in [1.165, 1.54) is 31.2 Å². The van der Waals surface area contributed by atoms with Crippen LogP contribution in [0.2, 0.25) is 0 Å². The number of nitrogens with zero attached hydrogens (tertiary/aromatic N) is 1. The van der Waals surface area contributed by atoms with Crippen molar-refractivity contribution in [1.29, 1.82) is 0 Å². The molecule has 1 saturated carbocycles. The Bertz CT molecular complexity index is 1290. The standard InChI is InChI=1S/C32H40N2O3/c1-31(2,3)23-16-14-21(15-17-23)24-13-9-12-22-19-26(29(35)34-28(30(36)37)32(4,5)6)33-25(27(22)24)18-20-10-7-8-11-20/h9,12-17,19-20,28H,7-8,10-11,18H2,1-6H3,(H,34,35)(H,36,37)/t28-/m1/s1. The second-order valence-corrected chi connectivity index (χ2v) is 12.7. The van der Waals surface area contributed by atoms with E-state index in [1.807, 2.05) is 32.9 Å². The van der Waals surface area contributed by atoms with Gasteiger partial charge in [0, 0.05) is 5.39 Å². The molecule has 37 heavy (non-hydrogen) atoms. The van der Waals surface area contributed by atoms with Gasteiger partial charge in [0.05, 0.1) is 5.69 Å². The summed E-state index contributed by atoms with van der Waals surface area (Å²) in [5.74, 6) is -0.947. The molecule has 0 radical (unpaired) electrons. The molecule has 4 rings (SSSR count). The number of fused-ring (bicyclic) bond motifs is 1. The van der Waals surface area contributed by atoms with Crippen molar-refractivity contribution >= 4 is 22.6 Å². The van der Waals surface area contributed by atoms with Crippen molar-refractivity contribution in [3.63, 3.8) is 0 Å². The number of carboxylic acid groups (broad SMARTS) is 1. The first-order valence-electron chi connectivity index (χ1n) is 13.4. The topological polar surface area (TPSA) is 79.3 Å². The first kappa shape index (κ1) is 26.8. The maximum Gasteiger partial charge on any atom is 0.326 e. The predicted molar refractivity (Wildman–Crippen MR) is 150 cm³/mol. The van der Waals surface area contributed by atoms with Gasteiger partial charge in [-0.15, -0.1) is 0 Å². The fraction of sp³-hybridized carbons (Fsp3) is 0.469. The fourth-order valence-electron chi connectivity index (χ4n) is 5.39. The van der Waals surface area contributed by atoms with Gasteiger partial charge in [-0.2, -0.15) is 0 Å². The molecule has 3 aromatic rings. The maximum absolute atomic E-state index is 13.3. The van der Waals surface area contributed by atoms with Crippen LogP contribution < -0.4 is 5.32 Å². The Hall–Kier alpha value is -3.21. The van der Waals surface area contributed by atoms with Gasteiger partial charge >= 0.3 is 5.97 Å². The number of hydrogen-bond donors (Lipinski definition) is 2. The number of pyridine rings is 1. The molecular formula is C32H40N2O3. The highest BCUT2D eigenvalue weighted by Crippen LogP contribution is 2.36. The zero-order chi connectivity index (χ0) is 27.0. The van der Waals surface area contributed by atoms with E-state index in [2.05, 4.69) is 56.4 Å². The molecular weight excluding hydrogens is 460 g/mol. The molecule has 1 heterocycles. The minimum atomic E-state index is -1.05. The quantitative estimate of drug-likeness (QED) is 0.376. The smallest absolute Gasteiger partial charge is 0.326 e. The number of nitrogens with one attached hydrogen (secondary N) is 1. The minimum absolute atomic E-state index is 0.0790. The van der Waals surface area contributed by atoms with Gasteiger partial charge in [-0.05, 0) is 51.3 Å². The molecule has 0 unspecified atom stereocenters. The maximum atomic E-state index is 13.3. The molecule has 0 saturated heterocycles. The second-order valence-electron chi connectivity index (χ2n) is 12.7. The van der Waals surface area contributed by atoms with Crippen molar-refractivity contribution < 1.29 is 14.7 Å². The number of carbonyl (C=O) groups is 2. The van der Waals surface area contributed by atoms with Crippen molar-refractivity contribution in [2.45, 2.75) is 85.1 Å². The van der Waals surface area contributed by atoms with E-state index in [-0.39, 0.29) is 11.1 Å². The molecule has 0 spiro atoms. The zero-order valence-corrected chi connectivity index (χ0v) is 23.0. The lowest BCUT2D eigenvalue weighted by Crippen LogP contribution is -2.49. The number of hydrogen-bond acceptors (Lipinski definition) is 3. The van der Waals surface area contributed by atoms with Gasteiger partial charge in [0.15, 0.2) is 0 Å². The predicted octanol–water partition coefficient (Wildman–Crippen LogP) is 7.16. The largest absolute Gasteiger partial charge is 0.480 e. The molecule has 5 heteroatoms. The number of carbonyl (C=O) groups excluding carboxylic acids is 1. The van der Waals surface area contributed by atoms with E-state index in [1.54, 1.807) is 6.07 Å². The van der Waals surface area contributed by atoms with Crippen LogP contribution in [-0.2, 0) is 16.6 Å². The zero-order valence-electron chi connectivity index (χ0n) is 23.0. The van der Waals surface area contributed by atoms with E-state index in [9.17, 15) is 14.7 Å². The molecule has 1 aromatic heterocycles. The first-order chi connectivity index (χ1) is 17.3. The molecule has 1 fully saturated rings. The molecule has 1 amide bonds. The Morgan fingerprint density at radius 1 is 1.00 bits per heavy atom. The summed E-state index contributed by atoms with van der Waals surface area (Å²) in [6.07, 6.45) is 5.63. The number of aliphatic carboxylic acids is 1. The normalized spacial score (nSPS) is 15.6. The van der Waals surface area contributed by atoms with Crippen LogP contribution in [0.1, 0.15) is 89.0 Å². The summed E-state index contributed by atoms with van der Waals surface area (Å²) in [6, 6.07) is 15.7. The summed E-state index contributed by atoms with van der Waals surface area (Å²) in [7, 11) is 0. The molecule has 196 valence electrons. The lowest BCUT2D eigenvalue weighted by molar-refractivity contribution is -0.142. The van der Waals surface area contributed by atoms with E-state index in [4.69, 9.17) is 4.98 Å². The van der Waals surface area contributed by atoms with Gasteiger partial charge in [0.2, 0.25) is 0 Å². The van der Waals surface area contributed by atoms with Crippen molar-refractivity contribution in [1.82, 2.24) is 10.3 Å². The third kappa shape index (κ3) is 6.03. The summed E-state index contributed by atoms with van der Waals surface area (Å²) in [4.78, 5) is 30.1. The van der Waals surface area contributed by atoms with Crippen LogP contribution in [0.4, 0.5) is 0 Å². The molecule has 0 bridgehead atoms. The van der Waals surface area contributed by atoms with Crippen LogP contribution >= 0.6 is 0 Å². The molecule has 2 aromatic carbocycles. The van der Waals surface area contributed by atoms with Gasteiger partial charge in [0.25, 0.3) is 5.91 Å². The van der Waals surface area contributed by atoms with Crippen molar-refractivity contribution in [2.24, 2.45) is 11.3 Å². The lowest BCUT2D eigenvalue weighted by atomic mass is 9.85. The summed E-state index contributed by atoms with van der Waals surface area (Å²) in [6.45, 7) is 12.1. The Kier molecular flexibility index (Phi) is 7.45. The monoisotopic (exact) mass is 500 g/mol. The van der Waals surface area contributed by atoms with Gasteiger partial charge in [0.1, 0.15) is 11.7 Å². The summed E-state index contributed by atoms with van der Waals surface area (Å²) in [5, 5.41) is 14.5. The van der Waals surface area contributed by atoms with Crippen molar-refractivity contribution in [2.75, 3.05) is 0 Å². The first-order valence-corrected chi connectivity index (χ1v) is 13.4. The van der Waals surface area contributed by atoms with E-state index >= 15 is 0 Å². The molecule has 5 nitrogen and oxygen atoms in total. The van der Waals surface area contributed by atoms with Crippen LogP contribution in [0.3, 0.4) is 0 Å². The molecule has 1 aliphatic carbocycles. The summed E-state index contributed by atoms with van der Waals surface area (Å²) < 4.78 is 0. The SMILES string of the molecule is CC(C)(C)c1ccc(-c2cccc3cc(C(=O)N[C@H](C(=O)O)C(C)(C)C)nc(CC4CCCC4)c23)cc1. The van der Waals surface area contributed by atoms with Crippen LogP contribution in [0.25, 0.3) is 21.9 Å². The Labute approximate surface area is 220 Å². The minimum Gasteiger partial charge on any atom is -0.480 e. The van der Waals surface area contributed by atoms with Crippen molar-refractivity contribution in [3.05, 3.63) is 65.5 Å². The van der Waals surface area contributed by atoms with Gasteiger partial charge < -0.3 is 10.4 Å². The Morgan fingerprint density at radius 3 is 2.22 bits per heavy atom. The van der Waals surface area contributed by atoms with Gasteiger partial charge in [-0.1, -0.05) is 110 Å². The third-order valence-corrected chi connectivity index (χ3v) is 7.57. The van der Waals surface area contributed by atoms with Crippen LogP contribution in [0, 0.1) is 11.3 Å². The van der Waals surface area contributed by atoms with Crippen LogP contribution in [0.5, 0.6) is 0 Å². The van der Waals surface area contributed by atoms with Gasteiger partial charge in [-0.3, -0.25) is 4.79 Å². The highest BCUT2D eigenvalue weighted by Gasteiger charge is 2.33. The Morgan fingerprint density at radius 2 is 1.65 bits per heavy atom. The highest BCUT2D eigenvalue weighted by atomic mass is 16.4. The van der Waals surface area contributed by atoms with Crippen molar-refractivity contribution in [3.8, 4) is 11.1 Å². The average Bonchev–Trinajstić information content (AvgIpc) is 3.33. The van der Waals surface area contributed by atoms with E-state index in [0.29, 0.717) is 5.92 Å². The molecule has 0 aliphatic heterocycles. The Balaban J connectivity index is 1.81. The van der Waals surface area contributed by atoms with Crippen LogP contribution in [0.15, 0.2) is 48.5 Å². The number of rotatable bonds is 6. The fourth-order valence-corrected chi connectivity index (χ4v) is 5.39. The van der Waals surface area contributed by atoms with Crippen LogP contribution in [-0.4, -0.2) is 28.0 Å². The number of amides is 1. The lowest BCUT2D eigenvalue weighted by Gasteiger charge is -2.27. The third-order valence-electron chi connectivity index (χ3n) is 7.57. The number of carboxylic acids is 1.